The van der Waals surface area contributed by atoms with E-state index in [4.69, 9.17) is 22.1 Å². The monoisotopic (exact) mass is 293 g/mol. The predicted octanol–water partition coefficient (Wildman–Crippen LogP) is 2.40. The van der Waals surface area contributed by atoms with Gasteiger partial charge in [-0.15, -0.1) is 0 Å². The van der Waals surface area contributed by atoms with Crippen molar-refractivity contribution in [1.29, 1.82) is 0 Å². The van der Waals surface area contributed by atoms with Crippen LogP contribution in [0.2, 0.25) is 5.15 Å². The number of Topliss-reactive ketones (excluding diaryl/α,β-unsaturated/α-hetero) is 1. The van der Waals surface area contributed by atoms with Gasteiger partial charge < -0.3 is 10.5 Å². The number of nitrogen functional groups attached to an aromatic ring is 1. The van der Waals surface area contributed by atoms with Crippen LogP contribution >= 0.6 is 11.6 Å². The van der Waals surface area contributed by atoms with Crippen molar-refractivity contribution in [2.45, 2.75) is 13.3 Å². The van der Waals surface area contributed by atoms with Crippen LogP contribution in [-0.2, 0) is 13.5 Å². The molecular weight excluding hydrogens is 278 g/mol. The molecule has 1 heterocycles. The number of ether oxygens (including phenoxy) is 1. The molecule has 0 amide bonds. The van der Waals surface area contributed by atoms with Gasteiger partial charge in [0, 0.05) is 36.3 Å². The lowest BCUT2D eigenvalue weighted by Crippen LogP contribution is -2.08. The number of benzene rings is 1. The smallest absolute Gasteiger partial charge is 0.169 e. The van der Waals surface area contributed by atoms with Gasteiger partial charge in [0.15, 0.2) is 5.78 Å². The molecule has 0 radical (unpaired) electrons. The first-order valence-electron chi connectivity index (χ1n) is 6.08. The van der Waals surface area contributed by atoms with Crippen LogP contribution in [0.1, 0.15) is 21.6 Å². The SMILES string of the molecule is COc1ccc(C(=O)Cc2c(C)nn(C)c2Cl)c(N)c1. The first kappa shape index (κ1) is 14.4. The minimum atomic E-state index is -0.0943. The number of nitrogens with zero attached hydrogens (tertiary/aromatic N) is 2. The fraction of sp³-hybridized carbons (Fsp3) is 0.286. The Hall–Kier alpha value is -2.01. The van der Waals surface area contributed by atoms with Crippen LogP contribution in [0.25, 0.3) is 0 Å². The average molecular weight is 294 g/mol. The van der Waals surface area contributed by atoms with E-state index >= 15 is 0 Å². The average Bonchev–Trinajstić information content (AvgIpc) is 2.65. The maximum absolute atomic E-state index is 12.3. The van der Waals surface area contributed by atoms with Crippen LogP contribution in [0.5, 0.6) is 5.75 Å². The second kappa shape index (κ2) is 5.54. The van der Waals surface area contributed by atoms with Crippen LogP contribution < -0.4 is 10.5 Å². The Morgan fingerprint density at radius 3 is 2.70 bits per heavy atom. The van der Waals surface area contributed by atoms with Crippen LogP contribution in [0, 0.1) is 6.92 Å². The maximum Gasteiger partial charge on any atom is 0.169 e. The summed E-state index contributed by atoms with van der Waals surface area (Å²) < 4.78 is 6.62. The summed E-state index contributed by atoms with van der Waals surface area (Å²) in [5, 5.41) is 4.66. The van der Waals surface area contributed by atoms with Crippen molar-refractivity contribution in [3.05, 3.63) is 40.2 Å². The van der Waals surface area contributed by atoms with Gasteiger partial charge in [-0.25, -0.2) is 0 Å². The zero-order valence-corrected chi connectivity index (χ0v) is 12.4. The highest BCUT2D eigenvalue weighted by atomic mass is 35.5. The molecule has 0 atom stereocenters. The van der Waals surface area contributed by atoms with E-state index in [0.717, 1.165) is 11.3 Å². The summed E-state index contributed by atoms with van der Waals surface area (Å²) in [6, 6.07) is 5.00. The zero-order chi connectivity index (χ0) is 14.9. The molecule has 0 unspecified atom stereocenters. The van der Waals surface area contributed by atoms with Crippen LogP contribution in [-0.4, -0.2) is 22.7 Å². The van der Waals surface area contributed by atoms with Gasteiger partial charge in [-0.2, -0.15) is 5.10 Å². The number of aromatic nitrogens is 2. The van der Waals surface area contributed by atoms with E-state index in [0.29, 0.717) is 22.2 Å². The number of rotatable bonds is 4. The van der Waals surface area contributed by atoms with Crippen molar-refractivity contribution in [2.75, 3.05) is 12.8 Å². The number of carbonyl (C=O) groups is 1. The number of halogens is 1. The highest BCUT2D eigenvalue weighted by Gasteiger charge is 2.17. The predicted molar refractivity (Wildman–Crippen MR) is 78.4 cm³/mol. The third-order valence-electron chi connectivity index (χ3n) is 3.17. The molecule has 0 saturated carbocycles. The van der Waals surface area contributed by atoms with Gasteiger partial charge in [-0.05, 0) is 19.1 Å². The lowest BCUT2D eigenvalue weighted by Gasteiger charge is -2.07. The molecule has 2 N–H and O–H groups in total. The Kier molecular flexibility index (Phi) is 3.99. The van der Waals surface area contributed by atoms with E-state index in [2.05, 4.69) is 5.10 Å². The van der Waals surface area contributed by atoms with Gasteiger partial charge in [0.2, 0.25) is 0 Å². The Labute approximate surface area is 122 Å². The van der Waals surface area contributed by atoms with E-state index in [-0.39, 0.29) is 12.2 Å². The van der Waals surface area contributed by atoms with Gasteiger partial charge in [-0.1, -0.05) is 11.6 Å². The molecule has 6 heteroatoms. The molecule has 2 rings (SSSR count). The number of methoxy groups -OCH3 is 1. The summed E-state index contributed by atoms with van der Waals surface area (Å²) in [6.45, 7) is 1.83. The molecule has 106 valence electrons. The number of carbonyl (C=O) groups excluding carboxylic acids is 1. The molecule has 0 fully saturated rings. The first-order valence-corrected chi connectivity index (χ1v) is 6.46. The zero-order valence-electron chi connectivity index (χ0n) is 11.6. The van der Waals surface area contributed by atoms with E-state index in [9.17, 15) is 4.79 Å². The molecule has 2 aromatic rings. The summed E-state index contributed by atoms with van der Waals surface area (Å²) in [6.07, 6.45) is 0.176. The number of ketones is 1. The Bertz CT molecular complexity index is 665. The topological polar surface area (TPSA) is 70.1 Å². The molecule has 0 aliphatic heterocycles. The minimum Gasteiger partial charge on any atom is -0.497 e. The van der Waals surface area contributed by atoms with E-state index < -0.39 is 0 Å². The lowest BCUT2D eigenvalue weighted by atomic mass is 10.0. The van der Waals surface area contributed by atoms with E-state index in [1.54, 1.807) is 37.0 Å². The Balaban J connectivity index is 2.28. The summed E-state index contributed by atoms with van der Waals surface area (Å²) in [7, 11) is 3.29. The quantitative estimate of drug-likeness (QED) is 0.694. The largest absolute Gasteiger partial charge is 0.497 e. The lowest BCUT2D eigenvalue weighted by molar-refractivity contribution is 0.0993. The molecule has 0 aliphatic rings. The molecular formula is C14H16ClN3O2. The highest BCUT2D eigenvalue weighted by molar-refractivity contribution is 6.30. The van der Waals surface area contributed by atoms with Crippen molar-refractivity contribution >= 4 is 23.1 Å². The summed E-state index contributed by atoms with van der Waals surface area (Å²) >= 11 is 6.13. The van der Waals surface area contributed by atoms with Gasteiger partial charge in [0.1, 0.15) is 10.9 Å². The molecule has 1 aromatic carbocycles. The first-order chi connectivity index (χ1) is 9.43. The number of anilines is 1. The minimum absolute atomic E-state index is 0.0943. The number of aryl methyl sites for hydroxylation is 2. The van der Waals surface area contributed by atoms with Gasteiger partial charge in [0.05, 0.1) is 12.8 Å². The summed E-state index contributed by atoms with van der Waals surface area (Å²) in [5.41, 5.74) is 8.22. The normalized spacial score (nSPS) is 10.6. The third-order valence-corrected chi connectivity index (χ3v) is 3.64. The number of nitrogens with two attached hydrogens (primary N) is 1. The Morgan fingerprint density at radius 1 is 1.50 bits per heavy atom. The van der Waals surface area contributed by atoms with E-state index in [1.165, 1.54) is 0 Å². The van der Waals surface area contributed by atoms with Crippen LogP contribution in [0.15, 0.2) is 18.2 Å². The molecule has 0 bridgehead atoms. The van der Waals surface area contributed by atoms with E-state index in [1.807, 2.05) is 6.92 Å². The second-order valence-corrected chi connectivity index (χ2v) is 4.89. The fourth-order valence-electron chi connectivity index (χ4n) is 2.05. The number of hydrogen-bond donors (Lipinski definition) is 1. The summed E-state index contributed by atoms with van der Waals surface area (Å²) in [4.78, 5) is 12.3. The second-order valence-electron chi connectivity index (χ2n) is 4.53. The van der Waals surface area contributed by atoms with Gasteiger partial charge in [-0.3, -0.25) is 9.48 Å². The van der Waals surface area contributed by atoms with Crippen molar-refractivity contribution in [1.82, 2.24) is 9.78 Å². The molecule has 5 nitrogen and oxygen atoms in total. The van der Waals surface area contributed by atoms with Crippen LogP contribution in [0.4, 0.5) is 5.69 Å². The highest BCUT2D eigenvalue weighted by Crippen LogP contribution is 2.24. The van der Waals surface area contributed by atoms with Crippen molar-refractivity contribution in [3.8, 4) is 5.75 Å². The standard InChI is InChI=1S/C14H16ClN3O2/c1-8-11(14(15)18(2)17-8)7-13(19)10-5-4-9(20-3)6-12(10)16/h4-6H,7,16H2,1-3H3. The van der Waals surface area contributed by atoms with Gasteiger partial charge in [0.25, 0.3) is 0 Å². The molecule has 1 aromatic heterocycles. The molecule has 20 heavy (non-hydrogen) atoms. The molecule has 0 spiro atoms. The number of hydrogen-bond acceptors (Lipinski definition) is 4. The summed E-state index contributed by atoms with van der Waals surface area (Å²) in [5.74, 6) is 0.526. The van der Waals surface area contributed by atoms with Crippen LogP contribution in [0.3, 0.4) is 0 Å². The third kappa shape index (κ3) is 2.63. The fourth-order valence-corrected chi connectivity index (χ4v) is 2.29. The molecule has 0 saturated heterocycles. The van der Waals surface area contributed by atoms with Crippen molar-refractivity contribution < 1.29 is 9.53 Å². The Morgan fingerprint density at radius 2 is 2.20 bits per heavy atom. The maximum atomic E-state index is 12.3. The molecule has 0 aliphatic carbocycles. The van der Waals surface area contributed by atoms with Gasteiger partial charge >= 0.3 is 0 Å². The van der Waals surface area contributed by atoms with Crippen molar-refractivity contribution in [3.63, 3.8) is 0 Å². The van der Waals surface area contributed by atoms with Crippen molar-refractivity contribution in [2.24, 2.45) is 7.05 Å².